The molecule has 6 nitrogen and oxygen atoms in total. The highest BCUT2D eigenvalue weighted by molar-refractivity contribution is 5.44. The fourth-order valence-electron chi connectivity index (χ4n) is 3.16. The van der Waals surface area contributed by atoms with E-state index in [-0.39, 0.29) is 12.6 Å². The first-order valence-corrected chi connectivity index (χ1v) is 7.65. The number of nitriles is 1. The summed E-state index contributed by atoms with van der Waals surface area (Å²) in [5.41, 5.74) is 2.76. The van der Waals surface area contributed by atoms with Crippen LogP contribution in [0.3, 0.4) is 0 Å². The van der Waals surface area contributed by atoms with Gasteiger partial charge in [0.15, 0.2) is 0 Å². The highest BCUT2D eigenvalue weighted by Gasteiger charge is 2.28. The molecule has 0 aromatic carbocycles. The van der Waals surface area contributed by atoms with Gasteiger partial charge in [0.1, 0.15) is 11.7 Å². The molecule has 116 valence electrons. The van der Waals surface area contributed by atoms with Crippen LogP contribution in [0.1, 0.15) is 17.4 Å². The van der Waals surface area contributed by atoms with Crippen molar-refractivity contribution >= 4 is 5.65 Å². The number of nitrogens with zero attached hydrogens (tertiary/aromatic N) is 5. The lowest BCUT2D eigenvalue weighted by Gasteiger charge is -2.36. The topological polar surface area (TPSA) is 67.8 Å². The molecule has 3 heterocycles. The molecule has 6 heteroatoms. The minimum Gasteiger partial charge on any atom is -0.395 e. The minimum atomic E-state index is -0.284. The second kappa shape index (κ2) is 6.44. The van der Waals surface area contributed by atoms with Gasteiger partial charge in [-0.05, 0) is 19.1 Å². The van der Waals surface area contributed by atoms with Crippen molar-refractivity contribution in [1.29, 1.82) is 5.26 Å². The normalized spacial score (nSPS) is 18.4. The van der Waals surface area contributed by atoms with E-state index in [0.29, 0.717) is 6.54 Å². The molecule has 1 aliphatic heterocycles. The molecule has 1 aliphatic rings. The van der Waals surface area contributed by atoms with Gasteiger partial charge in [0.05, 0.1) is 24.1 Å². The number of hydrogen-bond acceptors (Lipinski definition) is 5. The molecule has 22 heavy (non-hydrogen) atoms. The number of hydrogen-bond donors (Lipinski definition) is 1. The third-order valence-corrected chi connectivity index (χ3v) is 4.32. The first-order valence-electron chi connectivity index (χ1n) is 7.65. The molecule has 1 N–H and O–H groups in total. The van der Waals surface area contributed by atoms with Crippen molar-refractivity contribution in [2.75, 3.05) is 39.3 Å². The Kier molecular flexibility index (Phi) is 4.39. The van der Waals surface area contributed by atoms with Gasteiger partial charge >= 0.3 is 0 Å². The number of imidazole rings is 1. The van der Waals surface area contributed by atoms with Crippen LogP contribution >= 0.6 is 0 Å². The molecule has 3 rings (SSSR count). The zero-order valence-electron chi connectivity index (χ0n) is 12.8. The highest BCUT2D eigenvalue weighted by Crippen LogP contribution is 2.25. The lowest BCUT2D eigenvalue weighted by molar-refractivity contribution is 0.0968. The first-order chi connectivity index (χ1) is 10.7. The Morgan fingerprint density at radius 2 is 2.09 bits per heavy atom. The van der Waals surface area contributed by atoms with E-state index < -0.39 is 0 Å². The van der Waals surface area contributed by atoms with Crippen molar-refractivity contribution in [2.24, 2.45) is 0 Å². The van der Waals surface area contributed by atoms with Crippen molar-refractivity contribution in [2.45, 2.75) is 13.0 Å². The van der Waals surface area contributed by atoms with E-state index in [1.54, 1.807) is 0 Å². The summed E-state index contributed by atoms with van der Waals surface area (Å²) in [7, 11) is 0. The van der Waals surface area contributed by atoms with Gasteiger partial charge in [-0.3, -0.25) is 9.80 Å². The van der Waals surface area contributed by atoms with Crippen LogP contribution in [0.4, 0.5) is 0 Å². The molecule has 0 saturated carbocycles. The summed E-state index contributed by atoms with van der Waals surface area (Å²) in [4.78, 5) is 9.00. The van der Waals surface area contributed by atoms with E-state index in [4.69, 9.17) is 5.11 Å². The average molecular weight is 299 g/mol. The maximum atomic E-state index is 9.72. The predicted octanol–water partition coefficient (Wildman–Crippen LogP) is 0.817. The van der Waals surface area contributed by atoms with Gasteiger partial charge in [-0.1, -0.05) is 6.07 Å². The van der Waals surface area contributed by atoms with Crippen LogP contribution in [0.25, 0.3) is 5.65 Å². The number of aromatic nitrogens is 2. The number of fused-ring (bicyclic) bond motifs is 1. The maximum absolute atomic E-state index is 9.72. The van der Waals surface area contributed by atoms with E-state index in [9.17, 15) is 5.26 Å². The molecule has 0 radical (unpaired) electrons. The molecule has 1 atom stereocenters. The van der Waals surface area contributed by atoms with Crippen LogP contribution in [-0.2, 0) is 0 Å². The number of pyridine rings is 1. The van der Waals surface area contributed by atoms with Crippen LogP contribution in [0.5, 0.6) is 0 Å². The SMILES string of the molecule is Cc1nc2ccccn2c1C(C#N)N1CCN(CCO)CC1. The Labute approximate surface area is 130 Å². The van der Waals surface area contributed by atoms with Crippen LogP contribution in [0.2, 0.25) is 0 Å². The molecule has 0 spiro atoms. The summed E-state index contributed by atoms with van der Waals surface area (Å²) in [6, 6.07) is 8.05. The van der Waals surface area contributed by atoms with Crippen molar-refractivity contribution < 1.29 is 5.11 Å². The van der Waals surface area contributed by atoms with E-state index in [0.717, 1.165) is 43.2 Å². The van der Waals surface area contributed by atoms with Crippen LogP contribution < -0.4 is 0 Å². The Balaban J connectivity index is 1.85. The zero-order chi connectivity index (χ0) is 15.5. The predicted molar refractivity (Wildman–Crippen MR) is 83.4 cm³/mol. The summed E-state index contributed by atoms with van der Waals surface area (Å²) < 4.78 is 2.02. The molecule has 1 fully saturated rings. The number of aliphatic hydroxyl groups excluding tert-OH is 1. The average Bonchev–Trinajstić information content (AvgIpc) is 2.87. The molecule has 0 bridgehead atoms. The highest BCUT2D eigenvalue weighted by atomic mass is 16.3. The van der Waals surface area contributed by atoms with E-state index in [2.05, 4.69) is 20.9 Å². The first kappa shape index (κ1) is 15.0. The minimum absolute atomic E-state index is 0.189. The van der Waals surface area contributed by atoms with Gasteiger partial charge in [-0.25, -0.2) is 4.98 Å². The smallest absolute Gasteiger partial charge is 0.141 e. The third kappa shape index (κ3) is 2.71. The number of aliphatic hydroxyl groups is 1. The van der Waals surface area contributed by atoms with Crippen molar-refractivity contribution in [3.8, 4) is 6.07 Å². The van der Waals surface area contributed by atoms with Gasteiger partial charge < -0.3 is 9.51 Å². The monoisotopic (exact) mass is 299 g/mol. The quantitative estimate of drug-likeness (QED) is 0.905. The Hall–Kier alpha value is -1.94. The molecule has 1 saturated heterocycles. The lowest BCUT2D eigenvalue weighted by Crippen LogP contribution is -2.48. The molecule has 0 amide bonds. The molecular formula is C16H21N5O. The summed E-state index contributed by atoms with van der Waals surface area (Å²) in [5.74, 6) is 0. The molecule has 2 aromatic heterocycles. The Bertz CT molecular complexity index is 681. The maximum Gasteiger partial charge on any atom is 0.141 e. The van der Waals surface area contributed by atoms with Gasteiger partial charge in [0.2, 0.25) is 0 Å². The van der Waals surface area contributed by atoms with Gasteiger partial charge in [-0.2, -0.15) is 5.26 Å². The molecular weight excluding hydrogens is 278 g/mol. The molecule has 1 unspecified atom stereocenters. The third-order valence-electron chi connectivity index (χ3n) is 4.32. The Morgan fingerprint density at radius 1 is 1.32 bits per heavy atom. The van der Waals surface area contributed by atoms with E-state index in [1.165, 1.54) is 0 Å². The van der Waals surface area contributed by atoms with E-state index >= 15 is 0 Å². The summed E-state index contributed by atoms with van der Waals surface area (Å²) in [6.45, 7) is 6.29. The zero-order valence-corrected chi connectivity index (χ0v) is 12.8. The van der Waals surface area contributed by atoms with Gasteiger partial charge in [0.25, 0.3) is 0 Å². The largest absolute Gasteiger partial charge is 0.395 e. The fraction of sp³-hybridized carbons (Fsp3) is 0.500. The standard InChI is InChI=1S/C16H21N5O/c1-13-16(21-5-3-2-4-15(21)18-13)14(12-17)20-8-6-19(7-9-20)10-11-22/h2-5,14,22H,6-11H2,1H3. The van der Waals surface area contributed by atoms with Crippen molar-refractivity contribution in [3.05, 3.63) is 35.8 Å². The lowest BCUT2D eigenvalue weighted by atomic mass is 10.1. The van der Waals surface area contributed by atoms with Gasteiger partial charge in [0, 0.05) is 38.9 Å². The fourth-order valence-corrected chi connectivity index (χ4v) is 3.16. The summed E-state index contributed by atoms with van der Waals surface area (Å²) in [6.07, 6.45) is 1.97. The van der Waals surface area contributed by atoms with Crippen molar-refractivity contribution in [3.63, 3.8) is 0 Å². The second-order valence-electron chi connectivity index (χ2n) is 5.64. The van der Waals surface area contributed by atoms with Crippen LogP contribution in [-0.4, -0.2) is 63.6 Å². The number of rotatable bonds is 4. The number of β-amino-alcohol motifs (C(OH)–C–C–N with tert-alkyl or cyclic N) is 1. The van der Waals surface area contributed by atoms with Crippen LogP contribution in [0.15, 0.2) is 24.4 Å². The summed E-state index contributed by atoms with van der Waals surface area (Å²) >= 11 is 0. The molecule has 0 aliphatic carbocycles. The van der Waals surface area contributed by atoms with Crippen LogP contribution in [0, 0.1) is 18.3 Å². The van der Waals surface area contributed by atoms with Gasteiger partial charge in [-0.15, -0.1) is 0 Å². The summed E-state index contributed by atoms with van der Waals surface area (Å²) in [5, 5.41) is 18.7. The molecule has 2 aromatic rings. The van der Waals surface area contributed by atoms with E-state index in [1.807, 2.05) is 35.7 Å². The Morgan fingerprint density at radius 3 is 2.77 bits per heavy atom. The number of piperazine rings is 1. The second-order valence-corrected chi connectivity index (χ2v) is 5.64. The number of aryl methyl sites for hydroxylation is 1. The van der Waals surface area contributed by atoms with Crippen molar-refractivity contribution in [1.82, 2.24) is 19.2 Å².